The van der Waals surface area contributed by atoms with Gasteiger partial charge in [0, 0.05) is 25.6 Å². The lowest BCUT2D eigenvalue weighted by molar-refractivity contribution is -0.125. The molecule has 178 valence electrons. The van der Waals surface area contributed by atoms with E-state index in [2.05, 4.69) is 76.3 Å². The first-order valence-electron chi connectivity index (χ1n) is 12.9. The average molecular weight is 457 g/mol. The number of imidazole rings is 1. The molecule has 1 saturated heterocycles. The number of allylic oxidation sites excluding steroid dienone is 1. The zero-order valence-electron chi connectivity index (χ0n) is 20.3. The molecule has 0 unspecified atom stereocenters. The molecule has 1 aromatic heterocycles. The Balaban J connectivity index is 1.24. The van der Waals surface area contributed by atoms with Crippen molar-refractivity contribution in [3.05, 3.63) is 71.3 Å². The number of amides is 1. The van der Waals surface area contributed by atoms with Crippen molar-refractivity contribution in [2.24, 2.45) is 5.92 Å². The van der Waals surface area contributed by atoms with Crippen molar-refractivity contribution in [2.45, 2.75) is 58.4 Å². The minimum Gasteiger partial charge on any atom is -0.356 e. The number of carbonyl (C=O) groups is 1. The highest BCUT2D eigenvalue weighted by Gasteiger charge is 2.27. The van der Waals surface area contributed by atoms with Crippen LogP contribution < -0.4 is 10.2 Å². The van der Waals surface area contributed by atoms with Crippen molar-refractivity contribution in [2.75, 3.05) is 24.5 Å². The predicted octanol–water partition coefficient (Wildman–Crippen LogP) is 5.62. The van der Waals surface area contributed by atoms with E-state index in [0.717, 1.165) is 62.4 Å². The van der Waals surface area contributed by atoms with Crippen molar-refractivity contribution >= 4 is 22.9 Å². The molecule has 2 aliphatic rings. The minimum atomic E-state index is 0.103. The van der Waals surface area contributed by atoms with Crippen molar-refractivity contribution < 1.29 is 4.79 Å². The van der Waals surface area contributed by atoms with Gasteiger partial charge in [-0.25, -0.2) is 4.98 Å². The lowest BCUT2D eigenvalue weighted by atomic mass is 9.95. The van der Waals surface area contributed by atoms with Crippen LogP contribution in [0, 0.1) is 12.8 Å². The van der Waals surface area contributed by atoms with Gasteiger partial charge < -0.3 is 14.8 Å². The molecular weight excluding hydrogens is 420 g/mol. The maximum atomic E-state index is 12.8. The number of nitrogens with one attached hydrogen (secondary N) is 1. The molecular formula is C29H36N4O. The molecule has 2 aromatic carbocycles. The van der Waals surface area contributed by atoms with Crippen molar-refractivity contribution in [1.82, 2.24) is 14.9 Å². The van der Waals surface area contributed by atoms with Gasteiger partial charge in [-0.15, -0.1) is 0 Å². The Morgan fingerprint density at radius 1 is 1.06 bits per heavy atom. The number of para-hydroxylation sites is 2. The largest absolute Gasteiger partial charge is 0.356 e. The summed E-state index contributed by atoms with van der Waals surface area (Å²) in [6.07, 6.45) is 10.2. The Labute approximate surface area is 202 Å². The third-order valence-corrected chi connectivity index (χ3v) is 7.50. The topological polar surface area (TPSA) is 50.2 Å². The molecule has 5 rings (SSSR count). The molecule has 1 N–H and O–H groups in total. The first kappa shape index (κ1) is 22.7. The van der Waals surface area contributed by atoms with Crippen molar-refractivity contribution in [3.63, 3.8) is 0 Å². The Morgan fingerprint density at radius 3 is 2.65 bits per heavy atom. The van der Waals surface area contributed by atoms with Gasteiger partial charge >= 0.3 is 0 Å². The molecule has 34 heavy (non-hydrogen) atoms. The van der Waals surface area contributed by atoms with Crippen LogP contribution in [0.1, 0.15) is 56.1 Å². The summed E-state index contributed by atoms with van der Waals surface area (Å²) in [4.78, 5) is 20.2. The average Bonchev–Trinajstić information content (AvgIpc) is 3.24. The number of nitrogens with zero attached hydrogens (tertiary/aromatic N) is 3. The molecule has 1 fully saturated rings. The van der Waals surface area contributed by atoms with Gasteiger partial charge in [0.25, 0.3) is 0 Å². The summed E-state index contributed by atoms with van der Waals surface area (Å²) in [5.41, 5.74) is 6.33. The van der Waals surface area contributed by atoms with Crippen LogP contribution in [0.2, 0.25) is 0 Å². The van der Waals surface area contributed by atoms with Crippen molar-refractivity contribution in [1.29, 1.82) is 0 Å². The maximum absolute atomic E-state index is 12.8. The molecule has 0 atom stereocenters. The van der Waals surface area contributed by atoms with Crippen LogP contribution in [0.15, 0.2) is 60.2 Å². The van der Waals surface area contributed by atoms with E-state index in [4.69, 9.17) is 4.98 Å². The zero-order chi connectivity index (χ0) is 23.3. The molecule has 1 aliphatic heterocycles. The third kappa shape index (κ3) is 5.03. The van der Waals surface area contributed by atoms with E-state index in [1.807, 2.05) is 0 Å². The van der Waals surface area contributed by atoms with Gasteiger partial charge in [0.2, 0.25) is 11.9 Å². The van der Waals surface area contributed by atoms with Gasteiger partial charge in [-0.3, -0.25) is 4.79 Å². The third-order valence-electron chi connectivity index (χ3n) is 7.50. The van der Waals surface area contributed by atoms with Crippen LogP contribution in [-0.2, 0) is 11.3 Å². The van der Waals surface area contributed by atoms with E-state index >= 15 is 0 Å². The van der Waals surface area contributed by atoms with Gasteiger partial charge in [-0.1, -0.05) is 48.0 Å². The van der Waals surface area contributed by atoms with Crippen LogP contribution in [-0.4, -0.2) is 35.1 Å². The molecule has 5 heteroatoms. The Bertz CT molecular complexity index is 1170. The second-order valence-corrected chi connectivity index (χ2v) is 9.82. The van der Waals surface area contributed by atoms with E-state index in [-0.39, 0.29) is 11.8 Å². The van der Waals surface area contributed by atoms with Gasteiger partial charge in [-0.2, -0.15) is 0 Å². The minimum absolute atomic E-state index is 0.103. The molecule has 5 nitrogen and oxygen atoms in total. The van der Waals surface area contributed by atoms with Gasteiger partial charge in [-0.05, 0) is 75.1 Å². The fourth-order valence-corrected chi connectivity index (χ4v) is 5.38. The van der Waals surface area contributed by atoms with E-state index in [0.29, 0.717) is 0 Å². The summed E-state index contributed by atoms with van der Waals surface area (Å²) in [6.45, 7) is 5.47. The van der Waals surface area contributed by atoms with Crippen LogP contribution in [0.3, 0.4) is 0 Å². The monoisotopic (exact) mass is 456 g/mol. The molecule has 0 saturated carbocycles. The fraction of sp³-hybridized carbons (Fsp3) is 0.448. The first-order valence-corrected chi connectivity index (χ1v) is 12.9. The van der Waals surface area contributed by atoms with Crippen LogP contribution in [0.5, 0.6) is 0 Å². The summed E-state index contributed by atoms with van der Waals surface area (Å²) >= 11 is 0. The first-order chi connectivity index (χ1) is 16.7. The van der Waals surface area contributed by atoms with Gasteiger partial charge in [0.05, 0.1) is 17.6 Å². The standard InChI is InChI=1S/C29H36N4O/c1-22-9-5-6-12-25(22)21-33-27-14-8-7-13-26(27)31-29(33)32-19-16-24(17-20-32)28(34)30-18-15-23-10-3-2-4-11-23/h5-10,12-14,24H,2-4,11,15-21H2,1H3,(H,30,34). The lowest BCUT2D eigenvalue weighted by Gasteiger charge is -2.32. The lowest BCUT2D eigenvalue weighted by Crippen LogP contribution is -2.41. The smallest absolute Gasteiger partial charge is 0.223 e. The maximum Gasteiger partial charge on any atom is 0.223 e. The van der Waals surface area contributed by atoms with Crippen LogP contribution in [0.25, 0.3) is 11.0 Å². The summed E-state index contributed by atoms with van der Waals surface area (Å²) in [5.74, 6) is 1.35. The quantitative estimate of drug-likeness (QED) is 0.470. The fourth-order valence-electron chi connectivity index (χ4n) is 5.38. The summed E-state index contributed by atoms with van der Waals surface area (Å²) in [7, 11) is 0. The Morgan fingerprint density at radius 2 is 1.85 bits per heavy atom. The van der Waals surface area contributed by atoms with E-state index in [1.54, 1.807) is 0 Å². The highest BCUT2D eigenvalue weighted by Crippen LogP contribution is 2.28. The second-order valence-electron chi connectivity index (χ2n) is 9.82. The Kier molecular flexibility index (Phi) is 6.98. The number of benzene rings is 2. The normalized spacial score (nSPS) is 17.1. The molecule has 1 amide bonds. The van der Waals surface area contributed by atoms with E-state index < -0.39 is 0 Å². The van der Waals surface area contributed by atoms with Gasteiger partial charge in [0.1, 0.15) is 0 Å². The highest BCUT2D eigenvalue weighted by molar-refractivity contribution is 5.80. The second kappa shape index (κ2) is 10.5. The number of anilines is 1. The van der Waals surface area contributed by atoms with Crippen molar-refractivity contribution in [3.8, 4) is 0 Å². The molecule has 3 aromatic rings. The number of fused-ring (bicyclic) bond motifs is 1. The molecule has 0 spiro atoms. The number of aryl methyl sites for hydroxylation is 1. The number of hydrogen-bond acceptors (Lipinski definition) is 3. The number of aromatic nitrogens is 2. The SMILES string of the molecule is Cc1ccccc1Cn1c(N2CCC(C(=O)NCCC3=CCCCC3)CC2)nc2ccccc21. The summed E-state index contributed by atoms with van der Waals surface area (Å²) in [5, 5.41) is 3.21. The number of piperidine rings is 1. The number of carbonyl (C=O) groups excluding carboxylic acids is 1. The predicted molar refractivity (Wildman–Crippen MR) is 139 cm³/mol. The summed E-state index contributed by atoms with van der Waals surface area (Å²) in [6, 6.07) is 17.0. The molecule has 1 aliphatic carbocycles. The van der Waals surface area contributed by atoms with E-state index in [9.17, 15) is 4.79 Å². The molecule has 0 bridgehead atoms. The van der Waals surface area contributed by atoms with Crippen LogP contribution >= 0.6 is 0 Å². The zero-order valence-corrected chi connectivity index (χ0v) is 20.3. The highest BCUT2D eigenvalue weighted by atomic mass is 16.1. The van der Waals surface area contributed by atoms with E-state index in [1.165, 1.54) is 42.4 Å². The molecule has 2 heterocycles. The number of hydrogen-bond donors (Lipinski definition) is 1. The Hall–Kier alpha value is -3.08. The van der Waals surface area contributed by atoms with Crippen LogP contribution in [0.4, 0.5) is 5.95 Å². The number of rotatable bonds is 7. The van der Waals surface area contributed by atoms with Gasteiger partial charge in [0.15, 0.2) is 0 Å². The molecule has 0 radical (unpaired) electrons. The summed E-state index contributed by atoms with van der Waals surface area (Å²) < 4.78 is 2.34.